The number of piperidine rings is 1. The highest BCUT2D eigenvalue weighted by molar-refractivity contribution is 6.00. The van der Waals surface area contributed by atoms with Crippen molar-refractivity contribution >= 4 is 23.2 Å². The third-order valence-corrected chi connectivity index (χ3v) is 4.42. The van der Waals surface area contributed by atoms with Gasteiger partial charge in [-0.1, -0.05) is 11.2 Å². The SMILES string of the molecule is CNc1ccc(-c2c(C)noc2C)cc1NC(=O)[C@H]1CCCC(=O)N1. The molecule has 1 aromatic heterocycles. The largest absolute Gasteiger partial charge is 0.386 e. The molecule has 2 aromatic rings. The van der Waals surface area contributed by atoms with E-state index in [1.54, 1.807) is 7.05 Å². The number of anilines is 2. The number of carbonyl (C=O) groups excluding carboxylic acids is 2. The van der Waals surface area contributed by atoms with Crippen molar-refractivity contribution in [2.45, 2.75) is 39.2 Å². The lowest BCUT2D eigenvalue weighted by atomic mass is 10.0. The van der Waals surface area contributed by atoms with E-state index in [-0.39, 0.29) is 11.8 Å². The second-order valence-electron chi connectivity index (χ2n) is 6.21. The van der Waals surface area contributed by atoms with Crippen LogP contribution < -0.4 is 16.0 Å². The third-order valence-electron chi connectivity index (χ3n) is 4.42. The van der Waals surface area contributed by atoms with Crippen LogP contribution in [0.25, 0.3) is 11.1 Å². The molecule has 3 N–H and O–H groups in total. The van der Waals surface area contributed by atoms with E-state index in [0.29, 0.717) is 18.5 Å². The number of hydrogen-bond acceptors (Lipinski definition) is 5. The van der Waals surface area contributed by atoms with Crippen molar-refractivity contribution in [2.75, 3.05) is 17.7 Å². The summed E-state index contributed by atoms with van der Waals surface area (Å²) in [6, 6.07) is 5.25. The van der Waals surface area contributed by atoms with Gasteiger partial charge in [0, 0.05) is 19.0 Å². The van der Waals surface area contributed by atoms with Gasteiger partial charge in [-0.05, 0) is 44.4 Å². The number of benzene rings is 1. The standard InChI is InChI=1S/C18H22N4O3/c1-10-17(11(2)25-22-10)12-7-8-13(19-3)15(9-12)21-18(24)14-5-4-6-16(23)20-14/h7-9,14,19H,4-6H2,1-3H3,(H,20,23)(H,21,24)/t14-/m1/s1. The fraction of sp³-hybridized carbons (Fsp3) is 0.389. The second-order valence-corrected chi connectivity index (χ2v) is 6.21. The first-order valence-corrected chi connectivity index (χ1v) is 8.35. The van der Waals surface area contributed by atoms with E-state index in [1.807, 2.05) is 32.0 Å². The summed E-state index contributed by atoms with van der Waals surface area (Å²) in [5.74, 6) is 0.441. The molecule has 0 unspecified atom stereocenters. The van der Waals surface area contributed by atoms with Crippen molar-refractivity contribution in [1.29, 1.82) is 0 Å². The minimum atomic E-state index is -0.492. The molecule has 1 aliphatic rings. The average Bonchev–Trinajstić information content (AvgIpc) is 2.93. The van der Waals surface area contributed by atoms with Gasteiger partial charge in [0.15, 0.2) is 0 Å². The molecule has 2 amide bonds. The predicted octanol–water partition coefficient (Wildman–Crippen LogP) is 2.61. The minimum Gasteiger partial charge on any atom is -0.386 e. The van der Waals surface area contributed by atoms with E-state index in [1.165, 1.54) is 0 Å². The second kappa shape index (κ2) is 6.96. The maximum Gasteiger partial charge on any atom is 0.247 e. The van der Waals surface area contributed by atoms with Gasteiger partial charge in [-0.15, -0.1) is 0 Å². The lowest BCUT2D eigenvalue weighted by Gasteiger charge is -2.23. The summed E-state index contributed by atoms with van der Waals surface area (Å²) in [4.78, 5) is 24.0. The fourth-order valence-corrected chi connectivity index (χ4v) is 3.14. The van der Waals surface area contributed by atoms with Gasteiger partial charge in [0.05, 0.1) is 17.1 Å². The highest BCUT2D eigenvalue weighted by atomic mass is 16.5. The van der Waals surface area contributed by atoms with Crippen LogP contribution in [0.4, 0.5) is 11.4 Å². The molecule has 1 aromatic carbocycles. The van der Waals surface area contributed by atoms with Gasteiger partial charge < -0.3 is 20.5 Å². The van der Waals surface area contributed by atoms with Crippen molar-refractivity contribution < 1.29 is 14.1 Å². The van der Waals surface area contributed by atoms with Gasteiger partial charge in [-0.2, -0.15) is 0 Å². The van der Waals surface area contributed by atoms with E-state index in [9.17, 15) is 9.59 Å². The molecule has 1 atom stereocenters. The molecule has 0 spiro atoms. The van der Waals surface area contributed by atoms with E-state index >= 15 is 0 Å². The molecular weight excluding hydrogens is 320 g/mol. The van der Waals surface area contributed by atoms with E-state index < -0.39 is 6.04 Å². The number of nitrogens with one attached hydrogen (secondary N) is 3. The Kier molecular flexibility index (Phi) is 4.74. The average molecular weight is 342 g/mol. The number of aryl methyl sites for hydroxylation is 2. The van der Waals surface area contributed by atoms with Gasteiger partial charge in [-0.25, -0.2) is 0 Å². The van der Waals surface area contributed by atoms with Crippen molar-refractivity contribution in [3.05, 3.63) is 29.7 Å². The Balaban J connectivity index is 1.88. The highest BCUT2D eigenvalue weighted by Crippen LogP contribution is 2.32. The molecule has 0 radical (unpaired) electrons. The predicted molar refractivity (Wildman–Crippen MR) is 95.4 cm³/mol. The van der Waals surface area contributed by atoms with Gasteiger partial charge in [0.25, 0.3) is 0 Å². The Morgan fingerprint density at radius 3 is 2.76 bits per heavy atom. The number of hydrogen-bond donors (Lipinski definition) is 3. The number of rotatable bonds is 4. The zero-order chi connectivity index (χ0) is 18.0. The molecule has 1 aliphatic heterocycles. The molecule has 0 saturated carbocycles. The van der Waals surface area contributed by atoms with Crippen LogP contribution in [0.2, 0.25) is 0 Å². The van der Waals surface area contributed by atoms with Crippen LogP contribution in [0.15, 0.2) is 22.7 Å². The van der Waals surface area contributed by atoms with Crippen LogP contribution in [0.3, 0.4) is 0 Å². The Morgan fingerprint density at radius 1 is 1.32 bits per heavy atom. The normalized spacial score (nSPS) is 17.1. The Bertz CT molecular complexity index is 793. The van der Waals surface area contributed by atoms with Crippen molar-refractivity contribution in [1.82, 2.24) is 10.5 Å². The van der Waals surface area contributed by atoms with E-state index in [0.717, 1.165) is 34.7 Å². The smallest absolute Gasteiger partial charge is 0.247 e. The van der Waals surface area contributed by atoms with E-state index in [4.69, 9.17) is 4.52 Å². The Morgan fingerprint density at radius 2 is 2.12 bits per heavy atom. The molecule has 7 nitrogen and oxygen atoms in total. The molecule has 25 heavy (non-hydrogen) atoms. The number of carbonyl (C=O) groups is 2. The highest BCUT2D eigenvalue weighted by Gasteiger charge is 2.25. The van der Waals surface area contributed by atoms with Crippen molar-refractivity contribution in [2.24, 2.45) is 0 Å². The maximum absolute atomic E-state index is 12.5. The van der Waals surface area contributed by atoms with Crippen LogP contribution in [-0.2, 0) is 9.59 Å². The number of nitrogens with zero attached hydrogens (tertiary/aromatic N) is 1. The first-order chi connectivity index (χ1) is 12.0. The number of aromatic nitrogens is 1. The van der Waals surface area contributed by atoms with Crippen LogP contribution in [-0.4, -0.2) is 30.1 Å². The molecular formula is C18H22N4O3. The zero-order valence-corrected chi connectivity index (χ0v) is 14.6. The van der Waals surface area contributed by atoms with Crippen LogP contribution in [0.1, 0.15) is 30.7 Å². The van der Waals surface area contributed by atoms with Crippen molar-refractivity contribution in [3.63, 3.8) is 0 Å². The molecule has 132 valence electrons. The molecule has 0 bridgehead atoms. The Labute approximate surface area is 146 Å². The minimum absolute atomic E-state index is 0.0790. The summed E-state index contributed by atoms with van der Waals surface area (Å²) in [5, 5.41) is 12.7. The third kappa shape index (κ3) is 3.50. The molecule has 0 aliphatic carbocycles. The van der Waals surface area contributed by atoms with E-state index in [2.05, 4.69) is 21.1 Å². The van der Waals surface area contributed by atoms with Crippen LogP contribution in [0.5, 0.6) is 0 Å². The monoisotopic (exact) mass is 342 g/mol. The fourth-order valence-electron chi connectivity index (χ4n) is 3.14. The molecule has 1 saturated heterocycles. The van der Waals surface area contributed by atoms with Gasteiger partial charge in [0.1, 0.15) is 11.8 Å². The molecule has 7 heteroatoms. The van der Waals surface area contributed by atoms with Crippen LogP contribution in [0, 0.1) is 13.8 Å². The number of amides is 2. The lowest BCUT2D eigenvalue weighted by Crippen LogP contribution is -2.46. The summed E-state index contributed by atoms with van der Waals surface area (Å²) in [5.41, 5.74) is 4.09. The summed E-state index contributed by atoms with van der Waals surface area (Å²) in [6.45, 7) is 3.74. The van der Waals surface area contributed by atoms with Gasteiger partial charge in [-0.3, -0.25) is 9.59 Å². The topological polar surface area (TPSA) is 96.3 Å². The lowest BCUT2D eigenvalue weighted by molar-refractivity contribution is -0.128. The summed E-state index contributed by atoms with van der Waals surface area (Å²) in [7, 11) is 1.79. The summed E-state index contributed by atoms with van der Waals surface area (Å²) < 4.78 is 5.23. The quantitative estimate of drug-likeness (QED) is 0.794. The first-order valence-electron chi connectivity index (χ1n) is 8.35. The molecule has 3 rings (SSSR count). The summed E-state index contributed by atoms with van der Waals surface area (Å²) >= 11 is 0. The van der Waals surface area contributed by atoms with Gasteiger partial charge in [0.2, 0.25) is 11.8 Å². The van der Waals surface area contributed by atoms with Gasteiger partial charge >= 0.3 is 0 Å². The zero-order valence-electron chi connectivity index (χ0n) is 14.6. The maximum atomic E-state index is 12.5. The molecule has 1 fully saturated rings. The first kappa shape index (κ1) is 17.0. The Hall–Kier alpha value is -2.83. The van der Waals surface area contributed by atoms with Crippen LogP contribution >= 0.6 is 0 Å². The van der Waals surface area contributed by atoms with Crippen molar-refractivity contribution in [3.8, 4) is 11.1 Å². The summed E-state index contributed by atoms with van der Waals surface area (Å²) in [6.07, 6.45) is 1.85. The molecule has 2 heterocycles.